The Labute approximate surface area is 129 Å². The van der Waals surface area contributed by atoms with Crippen LogP contribution >= 0.6 is 11.6 Å². The summed E-state index contributed by atoms with van der Waals surface area (Å²) in [6, 6.07) is 0.812. The lowest BCUT2D eigenvalue weighted by atomic mass is 10.1. The second-order valence-electron chi connectivity index (χ2n) is 5.80. The average Bonchev–Trinajstić information content (AvgIpc) is 3.22. The molecule has 1 saturated carbocycles. The van der Waals surface area contributed by atoms with E-state index in [1.165, 1.54) is 36.7 Å². The third-order valence-electron chi connectivity index (χ3n) is 4.19. The average molecular weight is 307 g/mol. The van der Waals surface area contributed by atoms with Crippen LogP contribution in [0, 0.1) is 18.3 Å². The molecule has 1 aromatic rings. The van der Waals surface area contributed by atoms with Crippen molar-refractivity contribution in [2.24, 2.45) is 5.92 Å². The first-order valence-electron chi connectivity index (χ1n) is 7.36. The lowest BCUT2D eigenvalue weighted by Gasteiger charge is -2.16. The van der Waals surface area contributed by atoms with Crippen LogP contribution in [0.1, 0.15) is 19.3 Å². The molecule has 0 aromatic carbocycles. The molecule has 6 heteroatoms. The Kier molecular flexibility index (Phi) is 4.18. The molecule has 0 radical (unpaired) electrons. The molecule has 21 heavy (non-hydrogen) atoms. The fourth-order valence-electron chi connectivity index (χ4n) is 2.87. The molecule has 0 amide bonds. The van der Waals surface area contributed by atoms with Gasteiger partial charge in [0.25, 0.3) is 5.56 Å². The fraction of sp³-hybridized carbons (Fsp3) is 0.600. The number of aromatic nitrogens is 2. The van der Waals surface area contributed by atoms with Gasteiger partial charge >= 0.3 is 0 Å². The monoisotopic (exact) mass is 306 g/mol. The van der Waals surface area contributed by atoms with E-state index in [1.54, 1.807) is 0 Å². The van der Waals surface area contributed by atoms with Crippen molar-refractivity contribution < 1.29 is 0 Å². The molecule has 112 valence electrons. The standard InChI is InChI=1S/C15H19ClN4O/c1-2-6-20-15(21)14(13(16)9-18-20)17-8-11-5-7-19(10-11)12-3-4-12/h1,9,11-12,17H,3-8,10H2. The summed E-state index contributed by atoms with van der Waals surface area (Å²) in [5.41, 5.74) is 0.157. The molecule has 1 aliphatic heterocycles. The SMILES string of the molecule is C#CCn1ncc(Cl)c(NCC2CCN(C3CC3)C2)c1=O. The van der Waals surface area contributed by atoms with Crippen LogP contribution in [0.15, 0.2) is 11.0 Å². The topological polar surface area (TPSA) is 50.2 Å². The highest BCUT2D eigenvalue weighted by Gasteiger charge is 2.34. The van der Waals surface area contributed by atoms with Crippen molar-refractivity contribution >= 4 is 17.3 Å². The van der Waals surface area contributed by atoms with Gasteiger partial charge in [0.2, 0.25) is 0 Å². The lowest BCUT2D eigenvalue weighted by molar-refractivity contribution is 0.316. The first-order valence-corrected chi connectivity index (χ1v) is 7.74. The Balaban J connectivity index is 1.63. The van der Waals surface area contributed by atoms with Crippen LogP contribution in [0.25, 0.3) is 0 Å². The summed E-state index contributed by atoms with van der Waals surface area (Å²) in [6.45, 7) is 3.20. The van der Waals surface area contributed by atoms with Crippen LogP contribution in [-0.4, -0.2) is 40.4 Å². The van der Waals surface area contributed by atoms with Gasteiger partial charge in [-0.25, -0.2) is 4.68 Å². The quantitative estimate of drug-likeness (QED) is 0.836. The predicted molar refractivity (Wildman–Crippen MR) is 83.5 cm³/mol. The minimum atomic E-state index is -0.252. The predicted octanol–water partition coefficient (Wildman–Crippen LogP) is 1.43. The molecule has 1 atom stereocenters. The number of nitrogens with zero attached hydrogens (tertiary/aromatic N) is 3. The Morgan fingerprint density at radius 1 is 1.48 bits per heavy atom. The van der Waals surface area contributed by atoms with Gasteiger partial charge in [-0.15, -0.1) is 6.42 Å². The van der Waals surface area contributed by atoms with Crippen molar-refractivity contribution in [1.82, 2.24) is 14.7 Å². The van der Waals surface area contributed by atoms with E-state index in [0.29, 0.717) is 16.6 Å². The van der Waals surface area contributed by atoms with Gasteiger partial charge in [-0.05, 0) is 31.7 Å². The molecule has 1 aliphatic carbocycles. The van der Waals surface area contributed by atoms with Gasteiger partial charge in [0, 0.05) is 19.1 Å². The summed E-state index contributed by atoms with van der Waals surface area (Å²) >= 11 is 6.08. The van der Waals surface area contributed by atoms with Crippen molar-refractivity contribution in [2.75, 3.05) is 25.0 Å². The Bertz CT molecular complexity index is 617. The van der Waals surface area contributed by atoms with Gasteiger partial charge in [-0.3, -0.25) is 4.79 Å². The molecule has 0 spiro atoms. The van der Waals surface area contributed by atoms with Crippen LogP contribution in [0.2, 0.25) is 5.02 Å². The second-order valence-corrected chi connectivity index (χ2v) is 6.20. The number of halogens is 1. The minimum Gasteiger partial charge on any atom is -0.379 e. The molecule has 1 unspecified atom stereocenters. The summed E-state index contributed by atoms with van der Waals surface area (Å²) < 4.78 is 1.25. The fourth-order valence-corrected chi connectivity index (χ4v) is 3.07. The van der Waals surface area contributed by atoms with Crippen LogP contribution in [0.5, 0.6) is 0 Å². The number of anilines is 1. The highest BCUT2D eigenvalue weighted by molar-refractivity contribution is 6.32. The number of rotatable bonds is 5. The first-order chi connectivity index (χ1) is 10.2. The van der Waals surface area contributed by atoms with E-state index in [4.69, 9.17) is 18.0 Å². The molecule has 3 rings (SSSR count). The number of likely N-dealkylation sites (tertiary alicyclic amines) is 1. The summed E-state index contributed by atoms with van der Waals surface area (Å²) in [5, 5.41) is 7.49. The van der Waals surface area contributed by atoms with Crippen molar-refractivity contribution in [3.63, 3.8) is 0 Å². The number of nitrogens with one attached hydrogen (secondary N) is 1. The molecule has 0 bridgehead atoms. The third kappa shape index (κ3) is 3.22. The second kappa shape index (κ2) is 6.08. The summed E-state index contributed by atoms with van der Waals surface area (Å²) in [4.78, 5) is 14.8. The smallest absolute Gasteiger partial charge is 0.292 e. The molecule has 2 fully saturated rings. The first kappa shape index (κ1) is 14.4. The van der Waals surface area contributed by atoms with Gasteiger partial charge < -0.3 is 10.2 Å². The van der Waals surface area contributed by atoms with E-state index in [-0.39, 0.29) is 12.1 Å². The van der Waals surface area contributed by atoms with Crippen LogP contribution in [0.4, 0.5) is 5.69 Å². The molecule has 2 heterocycles. The Hall–Kier alpha value is -1.51. The molecular weight excluding hydrogens is 288 g/mol. The molecule has 1 saturated heterocycles. The van der Waals surface area contributed by atoms with E-state index < -0.39 is 0 Å². The maximum atomic E-state index is 12.2. The summed E-state index contributed by atoms with van der Waals surface area (Å²) in [6.07, 6.45) is 10.6. The maximum Gasteiger partial charge on any atom is 0.292 e. The lowest BCUT2D eigenvalue weighted by Crippen LogP contribution is -2.29. The summed E-state index contributed by atoms with van der Waals surface area (Å²) in [7, 11) is 0. The van der Waals surface area contributed by atoms with Gasteiger partial charge in [-0.2, -0.15) is 5.10 Å². The highest BCUT2D eigenvalue weighted by Crippen LogP contribution is 2.31. The Morgan fingerprint density at radius 2 is 2.29 bits per heavy atom. The van der Waals surface area contributed by atoms with E-state index in [9.17, 15) is 4.79 Å². The van der Waals surface area contributed by atoms with Crippen LogP contribution in [-0.2, 0) is 6.54 Å². The van der Waals surface area contributed by atoms with E-state index in [2.05, 4.69) is 21.2 Å². The highest BCUT2D eigenvalue weighted by atomic mass is 35.5. The number of hydrogen-bond acceptors (Lipinski definition) is 4. The van der Waals surface area contributed by atoms with Crippen LogP contribution in [0.3, 0.4) is 0 Å². The van der Waals surface area contributed by atoms with Crippen molar-refractivity contribution in [1.29, 1.82) is 0 Å². The van der Waals surface area contributed by atoms with Gasteiger partial charge in [0.15, 0.2) is 0 Å². The van der Waals surface area contributed by atoms with Gasteiger partial charge in [0.05, 0.1) is 11.2 Å². The van der Waals surface area contributed by atoms with E-state index in [1.807, 2.05) is 0 Å². The molecular formula is C15H19ClN4O. The summed E-state index contributed by atoms with van der Waals surface area (Å²) in [5.74, 6) is 2.98. The molecule has 1 N–H and O–H groups in total. The number of hydrogen-bond donors (Lipinski definition) is 1. The van der Waals surface area contributed by atoms with Crippen molar-refractivity contribution in [3.8, 4) is 12.3 Å². The zero-order chi connectivity index (χ0) is 14.8. The zero-order valence-electron chi connectivity index (χ0n) is 11.9. The van der Waals surface area contributed by atoms with Crippen LogP contribution < -0.4 is 10.9 Å². The van der Waals surface area contributed by atoms with E-state index in [0.717, 1.165) is 19.1 Å². The van der Waals surface area contributed by atoms with Crippen molar-refractivity contribution in [3.05, 3.63) is 21.6 Å². The van der Waals surface area contributed by atoms with E-state index >= 15 is 0 Å². The van der Waals surface area contributed by atoms with Crippen molar-refractivity contribution in [2.45, 2.75) is 31.8 Å². The third-order valence-corrected chi connectivity index (χ3v) is 4.47. The van der Waals surface area contributed by atoms with Gasteiger partial charge in [-0.1, -0.05) is 17.5 Å². The van der Waals surface area contributed by atoms with Gasteiger partial charge in [0.1, 0.15) is 12.2 Å². The minimum absolute atomic E-state index is 0.156. The molecule has 2 aliphatic rings. The number of terminal acetylenes is 1. The normalized spacial score (nSPS) is 22.2. The maximum absolute atomic E-state index is 12.2. The zero-order valence-corrected chi connectivity index (χ0v) is 12.6. The largest absolute Gasteiger partial charge is 0.379 e. The molecule has 5 nitrogen and oxygen atoms in total. The molecule has 1 aromatic heterocycles. The Morgan fingerprint density at radius 3 is 3.00 bits per heavy atom.